The predicted molar refractivity (Wildman–Crippen MR) is 99.4 cm³/mol. The number of hydrogen-bond donors (Lipinski definition) is 0. The standard InChI is InChI=1S/C20H29N3O2/c1-15(2)12-23(20(24)16(3)4)14-19-21-9-10-22(19)13-17-7-6-8-18(11-17)25-5/h6-11,15-16H,12-14H2,1-5H3. The monoisotopic (exact) mass is 343 g/mol. The number of amides is 1. The highest BCUT2D eigenvalue weighted by Crippen LogP contribution is 2.16. The zero-order valence-electron chi connectivity index (χ0n) is 15.9. The van der Waals surface area contributed by atoms with Gasteiger partial charge >= 0.3 is 0 Å². The molecule has 0 bridgehead atoms. The summed E-state index contributed by atoms with van der Waals surface area (Å²) in [5, 5.41) is 0. The summed E-state index contributed by atoms with van der Waals surface area (Å²) in [6, 6.07) is 8.01. The molecule has 0 unspecified atom stereocenters. The fraction of sp³-hybridized carbons (Fsp3) is 0.500. The van der Waals surface area contributed by atoms with Crippen molar-refractivity contribution in [3.8, 4) is 5.75 Å². The van der Waals surface area contributed by atoms with Gasteiger partial charge in [0.25, 0.3) is 0 Å². The fourth-order valence-corrected chi connectivity index (χ4v) is 2.81. The van der Waals surface area contributed by atoms with Crippen molar-refractivity contribution < 1.29 is 9.53 Å². The van der Waals surface area contributed by atoms with E-state index in [1.807, 2.05) is 43.1 Å². The maximum Gasteiger partial charge on any atom is 0.225 e. The first-order valence-corrected chi connectivity index (χ1v) is 8.82. The molecule has 0 radical (unpaired) electrons. The van der Waals surface area contributed by atoms with Crippen LogP contribution < -0.4 is 4.74 Å². The van der Waals surface area contributed by atoms with Crippen LogP contribution in [0.2, 0.25) is 0 Å². The highest BCUT2D eigenvalue weighted by atomic mass is 16.5. The van der Waals surface area contributed by atoms with Gasteiger partial charge in [0.1, 0.15) is 11.6 Å². The van der Waals surface area contributed by atoms with Gasteiger partial charge in [0.05, 0.1) is 13.7 Å². The Kier molecular flexibility index (Phi) is 6.62. The molecule has 1 aromatic heterocycles. The Balaban J connectivity index is 2.17. The minimum Gasteiger partial charge on any atom is -0.497 e. The molecule has 2 aromatic rings. The minimum absolute atomic E-state index is 0.0134. The molecule has 2 rings (SSSR count). The van der Waals surface area contributed by atoms with Crippen molar-refractivity contribution in [3.63, 3.8) is 0 Å². The van der Waals surface area contributed by atoms with E-state index in [0.29, 0.717) is 19.0 Å². The molecule has 0 N–H and O–H groups in total. The quantitative estimate of drug-likeness (QED) is 0.736. The molecule has 1 heterocycles. The molecule has 5 heteroatoms. The molecule has 5 nitrogen and oxygen atoms in total. The number of carbonyl (C=O) groups excluding carboxylic acids is 1. The average Bonchev–Trinajstić information content (AvgIpc) is 3.00. The summed E-state index contributed by atoms with van der Waals surface area (Å²) >= 11 is 0. The molecule has 25 heavy (non-hydrogen) atoms. The number of ether oxygens (including phenoxy) is 1. The first-order chi connectivity index (χ1) is 11.9. The van der Waals surface area contributed by atoms with Crippen LogP contribution in [0, 0.1) is 11.8 Å². The van der Waals surface area contributed by atoms with Crippen LogP contribution in [0.15, 0.2) is 36.7 Å². The van der Waals surface area contributed by atoms with Crippen molar-refractivity contribution >= 4 is 5.91 Å². The van der Waals surface area contributed by atoms with E-state index in [4.69, 9.17) is 4.74 Å². The van der Waals surface area contributed by atoms with Crippen LogP contribution in [-0.2, 0) is 17.9 Å². The second kappa shape index (κ2) is 8.70. The van der Waals surface area contributed by atoms with E-state index in [0.717, 1.165) is 23.7 Å². The van der Waals surface area contributed by atoms with Crippen molar-refractivity contribution in [2.45, 2.75) is 40.8 Å². The van der Waals surface area contributed by atoms with E-state index >= 15 is 0 Å². The number of aromatic nitrogens is 2. The molecule has 0 saturated carbocycles. The maximum absolute atomic E-state index is 12.5. The summed E-state index contributed by atoms with van der Waals surface area (Å²) in [7, 11) is 1.67. The summed E-state index contributed by atoms with van der Waals surface area (Å²) in [6.07, 6.45) is 3.76. The Bertz CT molecular complexity index is 692. The second-order valence-electron chi connectivity index (χ2n) is 7.09. The van der Waals surface area contributed by atoms with Gasteiger partial charge in [0.2, 0.25) is 5.91 Å². The second-order valence-corrected chi connectivity index (χ2v) is 7.09. The van der Waals surface area contributed by atoms with Gasteiger partial charge in [-0.2, -0.15) is 0 Å². The third-order valence-corrected chi connectivity index (χ3v) is 4.01. The Hall–Kier alpha value is -2.30. The fourth-order valence-electron chi connectivity index (χ4n) is 2.81. The van der Waals surface area contributed by atoms with E-state index in [9.17, 15) is 4.79 Å². The maximum atomic E-state index is 12.5. The van der Waals surface area contributed by atoms with Gasteiger partial charge in [-0.05, 0) is 23.6 Å². The summed E-state index contributed by atoms with van der Waals surface area (Å²) in [6.45, 7) is 10.1. The number of benzene rings is 1. The summed E-state index contributed by atoms with van der Waals surface area (Å²) in [4.78, 5) is 18.9. The molecule has 1 aromatic carbocycles. The highest BCUT2D eigenvalue weighted by Gasteiger charge is 2.20. The van der Waals surface area contributed by atoms with Gasteiger partial charge in [-0.3, -0.25) is 4.79 Å². The van der Waals surface area contributed by atoms with E-state index in [1.54, 1.807) is 13.3 Å². The lowest BCUT2D eigenvalue weighted by Crippen LogP contribution is -2.37. The molecular formula is C20H29N3O2. The minimum atomic E-state index is -0.0134. The Morgan fingerprint density at radius 3 is 2.68 bits per heavy atom. The summed E-state index contributed by atoms with van der Waals surface area (Å²) in [5.41, 5.74) is 1.14. The van der Waals surface area contributed by atoms with Crippen LogP contribution >= 0.6 is 0 Å². The molecule has 1 amide bonds. The average molecular weight is 343 g/mol. The van der Waals surface area contributed by atoms with Crippen LogP contribution in [0.1, 0.15) is 39.1 Å². The van der Waals surface area contributed by atoms with Crippen molar-refractivity contribution in [1.29, 1.82) is 0 Å². The summed E-state index contributed by atoms with van der Waals surface area (Å²) < 4.78 is 7.39. The zero-order valence-corrected chi connectivity index (χ0v) is 15.9. The van der Waals surface area contributed by atoms with Gasteiger partial charge in [0.15, 0.2) is 0 Å². The van der Waals surface area contributed by atoms with E-state index in [1.165, 1.54) is 0 Å². The number of carbonyl (C=O) groups is 1. The molecule has 0 fully saturated rings. The Morgan fingerprint density at radius 1 is 1.28 bits per heavy atom. The Labute approximate surface area is 150 Å². The van der Waals surface area contributed by atoms with Crippen LogP contribution in [0.25, 0.3) is 0 Å². The van der Waals surface area contributed by atoms with Crippen LogP contribution in [0.3, 0.4) is 0 Å². The lowest BCUT2D eigenvalue weighted by molar-refractivity contribution is -0.135. The van der Waals surface area contributed by atoms with E-state index in [-0.39, 0.29) is 11.8 Å². The van der Waals surface area contributed by atoms with Crippen molar-refractivity contribution in [2.24, 2.45) is 11.8 Å². The lowest BCUT2D eigenvalue weighted by Gasteiger charge is -2.26. The third-order valence-electron chi connectivity index (χ3n) is 4.01. The van der Waals surface area contributed by atoms with E-state index < -0.39 is 0 Å². The van der Waals surface area contributed by atoms with Crippen molar-refractivity contribution in [2.75, 3.05) is 13.7 Å². The zero-order chi connectivity index (χ0) is 18.4. The van der Waals surface area contributed by atoms with Crippen LogP contribution in [0.5, 0.6) is 5.75 Å². The number of rotatable bonds is 8. The first-order valence-electron chi connectivity index (χ1n) is 8.82. The van der Waals surface area contributed by atoms with Crippen LogP contribution in [0.4, 0.5) is 0 Å². The molecule has 136 valence electrons. The normalized spacial score (nSPS) is 11.2. The van der Waals surface area contributed by atoms with Gasteiger partial charge in [-0.25, -0.2) is 4.98 Å². The predicted octanol–water partition coefficient (Wildman–Crippen LogP) is 3.58. The van der Waals surface area contributed by atoms with Crippen LogP contribution in [-0.4, -0.2) is 34.0 Å². The van der Waals surface area contributed by atoms with Gasteiger partial charge in [-0.15, -0.1) is 0 Å². The topological polar surface area (TPSA) is 47.4 Å². The third kappa shape index (κ3) is 5.34. The van der Waals surface area contributed by atoms with Crippen molar-refractivity contribution in [1.82, 2.24) is 14.5 Å². The molecular weight excluding hydrogens is 314 g/mol. The van der Waals surface area contributed by atoms with E-state index in [2.05, 4.69) is 29.5 Å². The van der Waals surface area contributed by atoms with Gasteiger partial charge in [0, 0.05) is 31.4 Å². The molecule has 0 atom stereocenters. The highest BCUT2D eigenvalue weighted by molar-refractivity contribution is 5.78. The van der Waals surface area contributed by atoms with Gasteiger partial charge < -0.3 is 14.2 Å². The molecule has 0 aliphatic rings. The SMILES string of the molecule is COc1cccc(Cn2ccnc2CN(CC(C)C)C(=O)C(C)C)c1. The number of hydrogen-bond acceptors (Lipinski definition) is 3. The summed E-state index contributed by atoms with van der Waals surface area (Å²) in [5.74, 6) is 2.32. The largest absolute Gasteiger partial charge is 0.497 e. The number of methoxy groups -OCH3 is 1. The lowest BCUT2D eigenvalue weighted by atomic mass is 10.1. The molecule has 0 saturated heterocycles. The van der Waals surface area contributed by atoms with Gasteiger partial charge in [-0.1, -0.05) is 39.8 Å². The molecule has 0 aliphatic heterocycles. The number of nitrogens with zero attached hydrogens (tertiary/aromatic N) is 3. The molecule has 0 aliphatic carbocycles. The smallest absolute Gasteiger partial charge is 0.225 e. The van der Waals surface area contributed by atoms with Crippen molar-refractivity contribution in [3.05, 3.63) is 48.0 Å². The first kappa shape index (κ1) is 19.0. The molecule has 0 spiro atoms. The number of imidazole rings is 1. The Morgan fingerprint density at radius 2 is 2.04 bits per heavy atom.